The average molecular weight is 344 g/mol. The fraction of sp³-hybridized carbons (Fsp3) is 0.632. The second kappa shape index (κ2) is 7.62. The van der Waals surface area contributed by atoms with Crippen LogP contribution in [0.15, 0.2) is 24.3 Å². The molecule has 1 aromatic rings. The smallest absolute Gasteiger partial charge is 0.317 e. The minimum absolute atomic E-state index is 0.0725. The number of hydrogen-bond acceptors (Lipinski definition) is 4. The number of morpholine rings is 1. The molecule has 0 saturated carbocycles. The molecule has 3 fully saturated rings. The van der Waals surface area contributed by atoms with Crippen molar-refractivity contribution in [1.82, 2.24) is 15.1 Å². The summed E-state index contributed by atoms with van der Waals surface area (Å²) in [5.41, 5.74) is 2.39. The van der Waals surface area contributed by atoms with Gasteiger partial charge in [-0.25, -0.2) is 4.79 Å². The molecule has 0 aliphatic carbocycles. The molecule has 3 aliphatic rings. The standard InChI is InChI=1S/C19H28N4O2/c24-19(23-9-8-21-7-3-5-17(21)15-23)20-14-16-4-1-2-6-18(16)22-10-12-25-13-11-22/h1-2,4,6,17H,3,5,7-15H2,(H,20,24)/t17-/m1/s1. The first kappa shape index (κ1) is 16.7. The van der Waals surface area contributed by atoms with Gasteiger partial charge in [0, 0.05) is 51.0 Å². The molecule has 136 valence electrons. The van der Waals surface area contributed by atoms with Crippen molar-refractivity contribution in [3.05, 3.63) is 29.8 Å². The minimum atomic E-state index is 0.0725. The first-order valence-electron chi connectivity index (χ1n) is 9.49. The van der Waals surface area contributed by atoms with Crippen LogP contribution in [0, 0.1) is 0 Å². The van der Waals surface area contributed by atoms with Gasteiger partial charge in [-0.05, 0) is 31.0 Å². The summed E-state index contributed by atoms with van der Waals surface area (Å²) in [6, 6.07) is 9.01. The van der Waals surface area contributed by atoms with Crippen molar-refractivity contribution in [2.45, 2.75) is 25.4 Å². The molecule has 0 aromatic heterocycles. The predicted molar refractivity (Wildman–Crippen MR) is 97.9 cm³/mol. The molecular weight excluding hydrogens is 316 g/mol. The number of carbonyl (C=O) groups is 1. The van der Waals surface area contributed by atoms with Crippen LogP contribution in [-0.4, -0.2) is 74.4 Å². The van der Waals surface area contributed by atoms with Crippen molar-refractivity contribution < 1.29 is 9.53 Å². The van der Waals surface area contributed by atoms with E-state index in [4.69, 9.17) is 4.74 Å². The van der Waals surface area contributed by atoms with E-state index in [9.17, 15) is 4.79 Å². The molecule has 3 aliphatic heterocycles. The van der Waals surface area contributed by atoms with Crippen molar-refractivity contribution in [2.24, 2.45) is 0 Å². The molecular formula is C19H28N4O2. The van der Waals surface area contributed by atoms with Gasteiger partial charge in [0.2, 0.25) is 0 Å². The SMILES string of the molecule is O=C(NCc1ccccc1N1CCOCC1)N1CCN2CCC[C@@H]2C1. The Morgan fingerprint density at radius 2 is 1.96 bits per heavy atom. The number of fused-ring (bicyclic) bond motifs is 1. The molecule has 6 nitrogen and oxygen atoms in total. The minimum Gasteiger partial charge on any atom is -0.378 e. The number of hydrogen-bond donors (Lipinski definition) is 1. The van der Waals surface area contributed by atoms with Crippen molar-refractivity contribution in [3.8, 4) is 0 Å². The summed E-state index contributed by atoms with van der Waals surface area (Å²) >= 11 is 0. The van der Waals surface area contributed by atoms with Crippen molar-refractivity contribution in [1.29, 1.82) is 0 Å². The van der Waals surface area contributed by atoms with E-state index in [0.717, 1.165) is 45.9 Å². The number of nitrogens with one attached hydrogen (secondary N) is 1. The number of para-hydroxylation sites is 1. The van der Waals surface area contributed by atoms with Gasteiger partial charge < -0.3 is 19.9 Å². The third-order valence-corrected chi connectivity index (χ3v) is 5.65. The maximum absolute atomic E-state index is 12.6. The Morgan fingerprint density at radius 1 is 1.12 bits per heavy atom. The zero-order valence-electron chi connectivity index (χ0n) is 14.8. The van der Waals surface area contributed by atoms with Gasteiger partial charge in [-0.1, -0.05) is 18.2 Å². The Bertz CT molecular complexity index is 603. The highest BCUT2D eigenvalue weighted by Gasteiger charge is 2.32. The number of ether oxygens (including phenoxy) is 1. The average Bonchev–Trinajstić information content (AvgIpc) is 3.15. The number of nitrogens with zero attached hydrogens (tertiary/aromatic N) is 3. The lowest BCUT2D eigenvalue weighted by Gasteiger charge is -2.37. The lowest BCUT2D eigenvalue weighted by atomic mass is 10.1. The molecule has 0 unspecified atom stereocenters. The van der Waals surface area contributed by atoms with Gasteiger partial charge in [-0.15, -0.1) is 0 Å². The van der Waals surface area contributed by atoms with E-state index >= 15 is 0 Å². The van der Waals surface area contributed by atoms with E-state index in [1.165, 1.54) is 30.6 Å². The van der Waals surface area contributed by atoms with Crippen LogP contribution in [0.25, 0.3) is 0 Å². The van der Waals surface area contributed by atoms with Crippen LogP contribution >= 0.6 is 0 Å². The summed E-state index contributed by atoms with van der Waals surface area (Å²) < 4.78 is 5.45. The van der Waals surface area contributed by atoms with E-state index in [0.29, 0.717) is 12.6 Å². The first-order valence-corrected chi connectivity index (χ1v) is 9.49. The third kappa shape index (κ3) is 3.75. The highest BCUT2D eigenvalue weighted by atomic mass is 16.5. The third-order valence-electron chi connectivity index (χ3n) is 5.65. The van der Waals surface area contributed by atoms with Crippen molar-refractivity contribution >= 4 is 11.7 Å². The maximum atomic E-state index is 12.6. The maximum Gasteiger partial charge on any atom is 0.317 e. The molecule has 3 heterocycles. The molecule has 0 bridgehead atoms. The normalized spacial score (nSPS) is 24.2. The lowest BCUT2D eigenvalue weighted by Crippen LogP contribution is -2.54. The molecule has 1 aromatic carbocycles. The van der Waals surface area contributed by atoms with Crippen LogP contribution in [0.3, 0.4) is 0 Å². The topological polar surface area (TPSA) is 48.1 Å². The number of rotatable bonds is 3. The van der Waals surface area contributed by atoms with Crippen molar-refractivity contribution in [2.75, 3.05) is 57.4 Å². The number of urea groups is 1. The molecule has 0 radical (unpaired) electrons. The van der Waals surface area contributed by atoms with Crippen LogP contribution in [-0.2, 0) is 11.3 Å². The first-order chi connectivity index (χ1) is 12.3. The van der Waals surface area contributed by atoms with Gasteiger partial charge in [0.25, 0.3) is 0 Å². The Balaban J connectivity index is 1.35. The second-order valence-corrected chi connectivity index (χ2v) is 7.16. The Hall–Kier alpha value is -1.79. The molecule has 3 saturated heterocycles. The molecule has 0 spiro atoms. The van der Waals surface area contributed by atoms with E-state index in [1.807, 2.05) is 11.0 Å². The Morgan fingerprint density at radius 3 is 2.84 bits per heavy atom. The van der Waals surface area contributed by atoms with Gasteiger partial charge in [-0.3, -0.25) is 4.90 Å². The van der Waals surface area contributed by atoms with Gasteiger partial charge in [0.1, 0.15) is 0 Å². The highest BCUT2D eigenvalue weighted by Crippen LogP contribution is 2.23. The second-order valence-electron chi connectivity index (χ2n) is 7.16. The number of carbonyl (C=O) groups excluding carboxylic acids is 1. The summed E-state index contributed by atoms with van der Waals surface area (Å²) in [5.74, 6) is 0. The zero-order chi connectivity index (χ0) is 17.1. The van der Waals surface area contributed by atoms with Gasteiger partial charge in [0.15, 0.2) is 0 Å². The van der Waals surface area contributed by atoms with E-state index in [2.05, 4.69) is 33.3 Å². The Labute approximate surface area is 149 Å². The number of benzene rings is 1. The molecule has 6 heteroatoms. The monoisotopic (exact) mass is 344 g/mol. The number of amides is 2. The number of piperazine rings is 1. The molecule has 1 N–H and O–H groups in total. The van der Waals surface area contributed by atoms with Gasteiger partial charge in [-0.2, -0.15) is 0 Å². The molecule has 1 atom stereocenters. The summed E-state index contributed by atoms with van der Waals surface area (Å²) in [5, 5.41) is 3.14. The molecule has 4 rings (SSSR count). The molecule has 2 amide bonds. The molecule has 25 heavy (non-hydrogen) atoms. The Kier molecular flexibility index (Phi) is 5.08. The van der Waals surface area contributed by atoms with E-state index in [-0.39, 0.29) is 6.03 Å². The zero-order valence-corrected chi connectivity index (χ0v) is 14.8. The quantitative estimate of drug-likeness (QED) is 0.903. The van der Waals surface area contributed by atoms with Crippen LogP contribution in [0.4, 0.5) is 10.5 Å². The lowest BCUT2D eigenvalue weighted by molar-refractivity contribution is 0.117. The van der Waals surface area contributed by atoms with Crippen molar-refractivity contribution in [3.63, 3.8) is 0 Å². The van der Waals surface area contributed by atoms with Gasteiger partial charge >= 0.3 is 6.03 Å². The fourth-order valence-electron chi connectivity index (χ4n) is 4.23. The largest absolute Gasteiger partial charge is 0.378 e. The van der Waals surface area contributed by atoms with Gasteiger partial charge in [0.05, 0.1) is 13.2 Å². The summed E-state index contributed by atoms with van der Waals surface area (Å²) in [7, 11) is 0. The van der Waals surface area contributed by atoms with E-state index in [1.54, 1.807) is 0 Å². The highest BCUT2D eigenvalue weighted by molar-refractivity contribution is 5.74. The van der Waals surface area contributed by atoms with Crippen LogP contribution in [0.1, 0.15) is 18.4 Å². The van der Waals surface area contributed by atoms with E-state index < -0.39 is 0 Å². The summed E-state index contributed by atoms with van der Waals surface area (Å²) in [4.78, 5) is 19.5. The van der Waals surface area contributed by atoms with Crippen LogP contribution < -0.4 is 10.2 Å². The number of anilines is 1. The predicted octanol–water partition coefficient (Wildman–Crippen LogP) is 1.51. The van der Waals surface area contributed by atoms with Crippen LogP contribution in [0.2, 0.25) is 0 Å². The summed E-state index contributed by atoms with van der Waals surface area (Å²) in [6.45, 7) is 7.87. The van der Waals surface area contributed by atoms with Crippen LogP contribution in [0.5, 0.6) is 0 Å². The summed E-state index contributed by atoms with van der Waals surface area (Å²) in [6.07, 6.45) is 2.50. The fourth-order valence-corrected chi connectivity index (χ4v) is 4.23.